The molecule has 6 nitrogen and oxygen atoms in total. The maximum Gasteiger partial charge on any atom is 0.246 e. The van der Waals surface area contributed by atoms with Crippen LogP contribution in [0.25, 0.3) is 0 Å². The Bertz CT molecular complexity index is 1090. The molecule has 7 heteroatoms. The van der Waals surface area contributed by atoms with Crippen molar-refractivity contribution in [3.05, 3.63) is 41.7 Å². The molecule has 33 heavy (non-hydrogen) atoms. The Morgan fingerprint density at radius 2 is 1.91 bits per heavy atom. The van der Waals surface area contributed by atoms with Gasteiger partial charge in [-0.25, -0.2) is 15.0 Å². The van der Waals surface area contributed by atoms with Crippen LogP contribution in [0.3, 0.4) is 0 Å². The number of hydrogen-bond donors (Lipinski definition) is 1. The number of anilines is 2. The van der Waals surface area contributed by atoms with Gasteiger partial charge in [0.15, 0.2) is 5.13 Å². The summed E-state index contributed by atoms with van der Waals surface area (Å²) in [4.78, 5) is 27.9. The lowest BCUT2D eigenvalue weighted by molar-refractivity contribution is -0.138. The Balaban J connectivity index is 1.24. The molecule has 6 rings (SSSR count). The van der Waals surface area contributed by atoms with E-state index < -0.39 is 0 Å². The van der Waals surface area contributed by atoms with Gasteiger partial charge in [0, 0.05) is 42.2 Å². The van der Waals surface area contributed by atoms with Gasteiger partial charge in [0.25, 0.3) is 0 Å². The number of likely N-dealkylation sites (N-methyl/N-ethyl adjacent to an activating group) is 1. The monoisotopic (exact) mass is 463 g/mol. The molecule has 3 fully saturated rings. The molecular formula is C26H33N5OS. The molecule has 1 N–H and O–H groups in total. The van der Waals surface area contributed by atoms with E-state index in [-0.39, 0.29) is 11.3 Å². The maximum absolute atomic E-state index is 12.3. The summed E-state index contributed by atoms with van der Waals surface area (Å²) in [5.74, 6) is 3.45. The van der Waals surface area contributed by atoms with Crippen molar-refractivity contribution in [2.75, 3.05) is 12.4 Å². The third-order valence-electron chi connectivity index (χ3n) is 9.79. The molecule has 2 aromatic heterocycles. The Hall–Kier alpha value is -2.28. The molecule has 1 amide bonds. The van der Waals surface area contributed by atoms with E-state index in [1.165, 1.54) is 37.8 Å². The van der Waals surface area contributed by atoms with Gasteiger partial charge >= 0.3 is 0 Å². The third-order valence-corrected chi connectivity index (χ3v) is 10.6. The topological polar surface area (TPSA) is 71.0 Å². The lowest BCUT2D eigenvalue weighted by Gasteiger charge is -2.60. The first-order chi connectivity index (χ1) is 15.9. The molecule has 7 atom stereocenters. The van der Waals surface area contributed by atoms with Crippen molar-refractivity contribution >= 4 is 28.3 Å². The van der Waals surface area contributed by atoms with Crippen molar-refractivity contribution in [3.63, 3.8) is 0 Å². The predicted molar refractivity (Wildman–Crippen MR) is 130 cm³/mol. The zero-order valence-electron chi connectivity index (χ0n) is 19.7. The molecule has 174 valence electrons. The highest BCUT2D eigenvalue weighted by molar-refractivity contribution is 7.13. The van der Waals surface area contributed by atoms with E-state index in [4.69, 9.17) is 4.98 Å². The summed E-state index contributed by atoms with van der Waals surface area (Å²) in [7, 11) is 2.00. The minimum Gasteiger partial charge on any atom is -0.338 e. The molecule has 3 saturated carbocycles. The highest BCUT2D eigenvalue weighted by atomic mass is 32.1. The van der Waals surface area contributed by atoms with Crippen LogP contribution in [0.15, 0.2) is 36.0 Å². The Morgan fingerprint density at radius 3 is 2.73 bits per heavy atom. The van der Waals surface area contributed by atoms with Crippen LogP contribution in [-0.2, 0) is 4.79 Å². The first kappa shape index (κ1) is 21.3. The number of nitrogens with one attached hydrogen (secondary N) is 1. The van der Waals surface area contributed by atoms with E-state index in [1.807, 2.05) is 24.1 Å². The lowest BCUT2D eigenvalue weighted by atomic mass is 9.47. The van der Waals surface area contributed by atoms with Gasteiger partial charge in [-0.2, -0.15) is 0 Å². The SMILES string of the molecule is CN1C(=O)C=C[C@]2(C)[C@H]3CC[C@]4(C)[C@@H](c5csc(Nc6ncccn6)n5)CC[C@H]4[C@@H]3CC[C@@H]12. The smallest absolute Gasteiger partial charge is 0.246 e. The van der Waals surface area contributed by atoms with E-state index in [1.54, 1.807) is 23.7 Å². The summed E-state index contributed by atoms with van der Waals surface area (Å²) in [5, 5.41) is 6.39. The van der Waals surface area contributed by atoms with Crippen LogP contribution >= 0.6 is 11.3 Å². The zero-order chi connectivity index (χ0) is 22.8. The normalized spacial score (nSPS) is 39.7. The third kappa shape index (κ3) is 3.18. The number of hydrogen-bond acceptors (Lipinski definition) is 6. The molecule has 0 spiro atoms. The fourth-order valence-electron chi connectivity index (χ4n) is 8.19. The summed E-state index contributed by atoms with van der Waals surface area (Å²) < 4.78 is 0. The second-order valence-corrected chi connectivity index (χ2v) is 11.9. The Morgan fingerprint density at radius 1 is 1.09 bits per heavy atom. The van der Waals surface area contributed by atoms with Crippen molar-refractivity contribution in [2.45, 2.75) is 64.3 Å². The van der Waals surface area contributed by atoms with Crippen LogP contribution < -0.4 is 5.32 Å². The lowest BCUT2D eigenvalue weighted by Crippen LogP contribution is -2.59. The van der Waals surface area contributed by atoms with Gasteiger partial charge in [-0.15, -0.1) is 11.3 Å². The minimum atomic E-state index is 0.110. The first-order valence-corrected chi connectivity index (χ1v) is 13.2. The van der Waals surface area contributed by atoms with Crippen LogP contribution in [0.2, 0.25) is 0 Å². The fraction of sp³-hybridized carbons (Fsp3) is 0.615. The quantitative estimate of drug-likeness (QED) is 0.660. The average Bonchev–Trinajstić information content (AvgIpc) is 3.41. The van der Waals surface area contributed by atoms with Gasteiger partial charge in [0.2, 0.25) is 11.9 Å². The van der Waals surface area contributed by atoms with Gasteiger partial charge in [-0.3, -0.25) is 4.79 Å². The molecule has 3 heterocycles. The van der Waals surface area contributed by atoms with Crippen LogP contribution in [0.5, 0.6) is 0 Å². The second-order valence-electron chi connectivity index (χ2n) is 11.1. The molecule has 0 bridgehead atoms. The average molecular weight is 464 g/mol. The molecule has 0 unspecified atom stereocenters. The minimum absolute atomic E-state index is 0.110. The van der Waals surface area contributed by atoms with Crippen molar-refractivity contribution in [1.29, 1.82) is 0 Å². The van der Waals surface area contributed by atoms with Gasteiger partial charge in [0.05, 0.1) is 5.69 Å². The van der Waals surface area contributed by atoms with Crippen LogP contribution in [-0.4, -0.2) is 38.8 Å². The second kappa shape index (κ2) is 7.62. The van der Waals surface area contributed by atoms with E-state index in [0.29, 0.717) is 29.2 Å². The largest absolute Gasteiger partial charge is 0.338 e. The molecular weight excluding hydrogens is 430 g/mol. The van der Waals surface area contributed by atoms with Crippen molar-refractivity contribution < 1.29 is 4.79 Å². The van der Waals surface area contributed by atoms with Crippen LogP contribution in [0.1, 0.15) is 64.0 Å². The fourth-order valence-corrected chi connectivity index (χ4v) is 8.94. The number of carbonyl (C=O) groups is 1. The predicted octanol–water partition coefficient (Wildman–Crippen LogP) is 5.40. The van der Waals surface area contributed by atoms with Gasteiger partial charge in [-0.1, -0.05) is 19.9 Å². The number of rotatable bonds is 3. The van der Waals surface area contributed by atoms with Gasteiger partial charge in [-0.05, 0) is 73.8 Å². The Labute approximate surface area is 199 Å². The van der Waals surface area contributed by atoms with Crippen LogP contribution in [0, 0.1) is 28.6 Å². The molecule has 1 aliphatic heterocycles. The van der Waals surface area contributed by atoms with E-state index in [9.17, 15) is 4.79 Å². The zero-order valence-corrected chi connectivity index (χ0v) is 20.5. The number of nitrogens with zero attached hydrogens (tertiary/aromatic N) is 4. The molecule has 2 aromatic rings. The summed E-state index contributed by atoms with van der Waals surface area (Å²) in [5.41, 5.74) is 1.65. The number of thiazole rings is 1. The van der Waals surface area contributed by atoms with Crippen molar-refractivity contribution in [2.24, 2.45) is 28.6 Å². The molecule has 0 aromatic carbocycles. The Kier molecular flexibility index (Phi) is 4.91. The van der Waals surface area contributed by atoms with Crippen LogP contribution in [0.4, 0.5) is 11.1 Å². The highest BCUT2D eigenvalue weighted by Gasteiger charge is 2.60. The van der Waals surface area contributed by atoms with Crippen molar-refractivity contribution in [1.82, 2.24) is 19.9 Å². The molecule has 0 radical (unpaired) electrons. The number of aromatic nitrogens is 3. The van der Waals surface area contributed by atoms with Gasteiger partial charge in [0.1, 0.15) is 0 Å². The molecule has 4 aliphatic rings. The molecule has 3 aliphatic carbocycles. The maximum atomic E-state index is 12.3. The van der Waals surface area contributed by atoms with E-state index >= 15 is 0 Å². The van der Waals surface area contributed by atoms with E-state index in [0.717, 1.165) is 23.4 Å². The number of fused-ring (bicyclic) bond motifs is 5. The highest BCUT2D eigenvalue weighted by Crippen LogP contribution is 2.67. The molecule has 0 saturated heterocycles. The standard InChI is InChI=1S/C26H33N5OS/c1-25-11-9-18-16(5-8-21-26(18,2)12-10-22(32)31(21)3)17(25)6-7-19(25)20-15-33-24(29-20)30-23-27-13-4-14-28-23/h4,10,12-19,21H,5-9,11H2,1-3H3,(H,27,28,29,30)/t16-,17-,18-,19+,21+,25-,26+/m0/s1. The summed E-state index contributed by atoms with van der Waals surface area (Å²) >= 11 is 1.66. The summed E-state index contributed by atoms with van der Waals surface area (Å²) in [6.07, 6.45) is 15.0. The van der Waals surface area contributed by atoms with Gasteiger partial charge < -0.3 is 10.2 Å². The summed E-state index contributed by atoms with van der Waals surface area (Å²) in [6, 6.07) is 2.17. The number of amides is 1. The summed E-state index contributed by atoms with van der Waals surface area (Å²) in [6.45, 7) is 4.96. The number of carbonyl (C=O) groups excluding carboxylic acids is 1. The van der Waals surface area contributed by atoms with E-state index in [2.05, 4.69) is 40.6 Å². The van der Waals surface area contributed by atoms with Crippen molar-refractivity contribution in [3.8, 4) is 0 Å². The first-order valence-electron chi connectivity index (χ1n) is 12.4.